The van der Waals surface area contributed by atoms with Crippen LogP contribution in [0.15, 0.2) is 48.5 Å². The molecule has 1 heterocycles. The molecular formula is C18H14ClN3O3S. The van der Waals surface area contributed by atoms with Crippen LogP contribution in [0.25, 0.3) is 0 Å². The second kappa shape index (κ2) is 8.07. The minimum absolute atomic E-state index is 0.0890. The Morgan fingerprint density at radius 2 is 2.00 bits per heavy atom. The van der Waals surface area contributed by atoms with Crippen LogP contribution in [0.4, 0.5) is 5.69 Å². The van der Waals surface area contributed by atoms with E-state index < -0.39 is 5.97 Å². The Balaban J connectivity index is 1.74. The minimum atomic E-state index is -0.589. The van der Waals surface area contributed by atoms with E-state index in [0.29, 0.717) is 21.3 Å². The Bertz CT molecular complexity index is 958. The lowest BCUT2D eigenvalue weighted by atomic mass is 10.1. The average molecular weight is 388 g/mol. The first-order valence-corrected chi connectivity index (χ1v) is 8.80. The number of nitrogens with one attached hydrogen (secondary N) is 1. The fraction of sp³-hybridized carbons (Fsp3) is 0.111. The molecule has 6 nitrogen and oxygen atoms in total. The van der Waals surface area contributed by atoms with Crippen molar-refractivity contribution in [3.05, 3.63) is 75.3 Å². The molecule has 26 heavy (non-hydrogen) atoms. The van der Waals surface area contributed by atoms with Gasteiger partial charge >= 0.3 is 5.97 Å². The summed E-state index contributed by atoms with van der Waals surface area (Å²) >= 11 is 6.91. The van der Waals surface area contributed by atoms with Crippen LogP contribution in [-0.4, -0.2) is 21.5 Å². The highest BCUT2D eigenvalue weighted by Gasteiger charge is 2.16. The number of amides is 1. The molecule has 3 aromatic rings. The normalized spacial score (nSPS) is 10.4. The minimum Gasteiger partial charge on any atom is -0.455 e. The molecule has 1 amide bonds. The molecule has 1 aromatic heterocycles. The van der Waals surface area contributed by atoms with Gasteiger partial charge in [0.15, 0.2) is 0 Å². The van der Waals surface area contributed by atoms with Crippen LogP contribution in [0.2, 0.25) is 4.34 Å². The zero-order valence-electron chi connectivity index (χ0n) is 13.7. The van der Waals surface area contributed by atoms with E-state index in [4.69, 9.17) is 16.3 Å². The second-order valence-corrected chi connectivity index (χ2v) is 6.79. The molecule has 8 heteroatoms. The Morgan fingerprint density at radius 1 is 1.19 bits per heavy atom. The number of esters is 1. The standard InChI is InChI=1S/C18H14ClN3O3S/c1-11-5-4-6-12(9-11)17(23)20-14-8-3-2-7-13(14)18(24)25-10-15-16(19)26-22-21-15/h2-9H,10H2,1H3,(H,20,23). The zero-order chi connectivity index (χ0) is 18.5. The third-order valence-corrected chi connectivity index (χ3v) is 4.51. The Hall–Kier alpha value is -2.77. The van der Waals surface area contributed by atoms with Gasteiger partial charge in [-0.2, -0.15) is 0 Å². The summed E-state index contributed by atoms with van der Waals surface area (Å²) in [5.74, 6) is -0.894. The van der Waals surface area contributed by atoms with E-state index in [-0.39, 0.29) is 18.1 Å². The van der Waals surface area contributed by atoms with Crippen LogP contribution in [-0.2, 0) is 11.3 Å². The van der Waals surface area contributed by atoms with Crippen molar-refractivity contribution in [3.8, 4) is 0 Å². The molecule has 0 radical (unpaired) electrons. The molecule has 0 atom stereocenters. The SMILES string of the molecule is Cc1cccc(C(=O)Nc2ccccc2C(=O)OCc2nnsc2Cl)c1. The van der Waals surface area contributed by atoms with Crippen molar-refractivity contribution in [1.29, 1.82) is 0 Å². The van der Waals surface area contributed by atoms with Gasteiger partial charge in [0.1, 0.15) is 16.6 Å². The molecule has 0 aliphatic carbocycles. The van der Waals surface area contributed by atoms with Crippen LogP contribution >= 0.6 is 23.1 Å². The number of ether oxygens (including phenoxy) is 1. The number of rotatable bonds is 5. The molecule has 0 fully saturated rings. The summed E-state index contributed by atoms with van der Waals surface area (Å²) in [6, 6.07) is 13.8. The van der Waals surface area contributed by atoms with E-state index in [1.165, 1.54) is 0 Å². The molecular weight excluding hydrogens is 374 g/mol. The van der Waals surface area contributed by atoms with E-state index in [9.17, 15) is 9.59 Å². The Morgan fingerprint density at radius 3 is 2.73 bits per heavy atom. The molecule has 0 bridgehead atoms. The van der Waals surface area contributed by atoms with Crippen LogP contribution < -0.4 is 5.32 Å². The number of anilines is 1. The van der Waals surface area contributed by atoms with Gasteiger partial charge in [0, 0.05) is 17.1 Å². The summed E-state index contributed by atoms with van der Waals surface area (Å²) in [5, 5.41) is 6.54. The van der Waals surface area contributed by atoms with Crippen molar-refractivity contribution in [2.75, 3.05) is 5.32 Å². The number of para-hydroxylation sites is 1. The lowest BCUT2D eigenvalue weighted by Crippen LogP contribution is -2.16. The number of aryl methyl sites for hydroxylation is 1. The van der Waals surface area contributed by atoms with Gasteiger partial charge in [-0.05, 0) is 31.2 Å². The molecule has 0 unspecified atom stereocenters. The van der Waals surface area contributed by atoms with Gasteiger partial charge in [0.05, 0.1) is 11.3 Å². The van der Waals surface area contributed by atoms with E-state index in [1.54, 1.807) is 42.5 Å². The van der Waals surface area contributed by atoms with Crippen LogP contribution in [0.1, 0.15) is 32.0 Å². The van der Waals surface area contributed by atoms with E-state index in [2.05, 4.69) is 14.9 Å². The number of hydrogen-bond acceptors (Lipinski definition) is 6. The van der Waals surface area contributed by atoms with Gasteiger partial charge < -0.3 is 10.1 Å². The molecule has 0 aliphatic rings. The third-order valence-electron chi connectivity index (χ3n) is 3.52. The number of benzene rings is 2. The maximum Gasteiger partial charge on any atom is 0.340 e. The van der Waals surface area contributed by atoms with E-state index in [1.807, 2.05) is 13.0 Å². The van der Waals surface area contributed by atoms with Gasteiger partial charge in [-0.15, -0.1) is 5.10 Å². The number of nitrogens with zero attached hydrogens (tertiary/aromatic N) is 2. The molecule has 3 rings (SSSR count). The monoisotopic (exact) mass is 387 g/mol. The summed E-state index contributed by atoms with van der Waals surface area (Å²) in [6.45, 7) is 1.81. The van der Waals surface area contributed by atoms with Crippen LogP contribution in [0.3, 0.4) is 0 Å². The Labute approximate surface area is 158 Å². The number of aromatic nitrogens is 2. The molecule has 0 aliphatic heterocycles. The van der Waals surface area contributed by atoms with Crippen molar-refractivity contribution < 1.29 is 14.3 Å². The second-order valence-electron chi connectivity index (χ2n) is 5.44. The zero-order valence-corrected chi connectivity index (χ0v) is 15.3. The molecule has 0 saturated heterocycles. The fourth-order valence-corrected chi connectivity index (χ4v) is 2.85. The lowest BCUT2D eigenvalue weighted by Gasteiger charge is -2.11. The van der Waals surface area contributed by atoms with Crippen LogP contribution in [0.5, 0.6) is 0 Å². The third kappa shape index (κ3) is 4.25. The van der Waals surface area contributed by atoms with Gasteiger partial charge in [-0.1, -0.05) is 45.9 Å². The van der Waals surface area contributed by atoms with Crippen molar-refractivity contribution in [3.63, 3.8) is 0 Å². The topological polar surface area (TPSA) is 81.2 Å². The summed E-state index contributed by atoms with van der Waals surface area (Å²) < 4.78 is 9.29. The molecule has 2 aromatic carbocycles. The Kier molecular flexibility index (Phi) is 5.60. The first-order chi connectivity index (χ1) is 12.5. The van der Waals surface area contributed by atoms with Gasteiger partial charge in [0.25, 0.3) is 5.91 Å². The quantitative estimate of drug-likeness (QED) is 0.666. The molecule has 132 valence electrons. The van der Waals surface area contributed by atoms with Crippen molar-refractivity contribution >= 4 is 40.7 Å². The number of halogens is 1. The predicted octanol–water partition coefficient (Wildman–Crippen LogP) is 4.11. The van der Waals surface area contributed by atoms with E-state index in [0.717, 1.165) is 17.1 Å². The average Bonchev–Trinajstić information content (AvgIpc) is 3.05. The number of hydrogen-bond donors (Lipinski definition) is 1. The van der Waals surface area contributed by atoms with Gasteiger partial charge in [-0.25, -0.2) is 4.79 Å². The highest BCUT2D eigenvalue weighted by Crippen LogP contribution is 2.21. The first-order valence-electron chi connectivity index (χ1n) is 7.65. The maximum atomic E-state index is 12.4. The summed E-state index contributed by atoms with van der Waals surface area (Å²) in [6.07, 6.45) is 0. The molecule has 0 saturated carbocycles. The van der Waals surface area contributed by atoms with Crippen LogP contribution in [0, 0.1) is 6.92 Å². The summed E-state index contributed by atoms with van der Waals surface area (Å²) in [5.41, 5.74) is 2.48. The van der Waals surface area contributed by atoms with Gasteiger partial charge in [-0.3, -0.25) is 4.79 Å². The number of carbonyl (C=O) groups is 2. The molecule has 0 spiro atoms. The molecule has 1 N–H and O–H groups in total. The van der Waals surface area contributed by atoms with E-state index >= 15 is 0 Å². The lowest BCUT2D eigenvalue weighted by molar-refractivity contribution is 0.0469. The fourth-order valence-electron chi connectivity index (χ4n) is 2.25. The van der Waals surface area contributed by atoms with Crippen molar-refractivity contribution in [2.45, 2.75) is 13.5 Å². The first kappa shape index (κ1) is 18.0. The van der Waals surface area contributed by atoms with Crippen molar-refractivity contribution in [2.24, 2.45) is 0 Å². The van der Waals surface area contributed by atoms with Crippen molar-refractivity contribution in [1.82, 2.24) is 9.59 Å². The van der Waals surface area contributed by atoms with Gasteiger partial charge in [0.2, 0.25) is 0 Å². The largest absolute Gasteiger partial charge is 0.455 e. The summed E-state index contributed by atoms with van der Waals surface area (Å²) in [7, 11) is 0. The summed E-state index contributed by atoms with van der Waals surface area (Å²) in [4.78, 5) is 24.8. The number of carbonyl (C=O) groups excluding carboxylic acids is 2. The smallest absolute Gasteiger partial charge is 0.340 e. The highest BCUT2D eigenvalue weighted by molar-refractivity contribution is 7.10. The highest BCUT2D eigenvalue weighted by atomic mass is 35.5. The predicted molar refractivity (Wildman–Crippen MR) is 99.6 cm³/mol. The maximum absolute atomic E-state index is 12.4.